The second kappa shape index (κ2) is 42.6. The van der Waals surface area contributed by atoms with Gasteiger partial charge < -0.3 is 82.3 Å². The number of halogens is 3. The van der Waals surface area contributed by atoms with Crippen molar-refractivity contribution in [2.24, 2.45) is 0 Å². The molecule has 100 heavy (non-hydrogen) atoms. The lowest BCUT2D eigenvalue weighted by Crippen LogP contribution is -2.09. The zero-order valence-electron chi connectivity index (χ0n) is 60.1. The Labute approximate surface area is 587 Å². The molecule has 0 aliphatic rings. The van der Waals surface area contributed by atoms with Gasteiger partial charge in [0.05, 0.1) is 36.1 Å². The number of amides is 1. The molecule has 0 aliphatic carbocycles. The Hall–Kier alpha value is -11.9. The fourth-order valence-corrected chi connectivity index (χ4v) is 8.00. The van der Waals surface area contributed by atoms with Crippen molar-refractivity contribution in [3.05, 3.63) is 270 Å². The molecule has 0 saturated heterocycles. The first-order valence-electron chi connectivity index (χ1n) is 31.1. The minimum atomic E-state index is -4.35. The second-order valence-electron chi connectivity index (χ2n) is 23.1. The minimum Gasteiger partial charge on any atom is -0.508 e. The molecule has 0 fully saturated rings. The first kappa shape index (κ1) is 86.1. The Bertz CT molecular complexity index is 4040. The highest BCUT2D eigenvalue weighted by Crippen LogP contribution is 2.35. The number of nitrogens with two attached hydrogens (primary N) is 10. The normalized spacial score (nSPS) is 9.75. The summed E-state index contributed by atoms with van der Waals surface area (Å²) in [6.07, 6.45) is -4.35. The number of nitrogens with zero attached hydrogens (tertiary/aromatic N) is 1. The molecule has 0 aliphatic heterocycles. The molecule has 10 rings (SSSR count). The number of rotatable bonds is 4. The van der Waals surface area contributed by atoms with Gasteiger partial charge in [0, 0.05) is 70.2 Å². The number of aryl methyl sites for hydroxylation is 13. The predicted molar refractivity (Wildman–Crippen MR) is 413 cm³/mol. The number of nitrogens with one attached hydrogen (secondary N) is 1. The molecule has 22 heteroatoms. The maximum atomic E-state index is 12.1. The molecule has 19 nitrogen and oxygen atoms in total. The zero-order valence-corrected chi connectivity index (χ0v) is 60.1. The number of non-ortho nitro benzene ring substituents is 1. The molecule has 23 N–H and O–H groups in total. The van der Waals surface area contributed by atoms with Crippen molar-refractivity contribution in [2.45, 2.75) is 103 Å². The number of carbonyl (C=O) groups excluding carboxylic acids is 1. The van der Waals surface area contributed by atoms with Crippen LogP contribution >= 0.6 is 0 Å². The summed E-state index contributed by atoms with van der Waals surface area (Å²) in [7, 11) is 3.26. The Morgan fingerprint density at radius 3 is 1.20 bits per heavy atom. The van der Waals surface area contributed by atoms with E-state index < -0.39 is 16.7 Å². The number of phenolic OH excluding ortho intramolecular Hbond substituents is 2. The summed E-state index contributed by atoms with van der Waals surface area (Å²) in [4.78, 5) is 20.5. The summed E-state index contributed by atoms with van der Waals surface area (Å²) in [5.74, 6) is 1.96. The van der Waals surface area contributed by atoms with Crippen LogP contribution in [0, 0.1) is 100 Å². The highest BCUT2D eigenvalue weighted by molar-refractivity contribution is 5.89. The van der Waals surface area contributed by atoms with Crippen LogP contribution in [0.15, 0.2) is 182 Å². The van der Waals surface area contributed by atoms with Crippen molar-refractivity contribution in [2.75, 3.05) is 76.9 Å². The lowest BCUT2D eigenvalue weighted by atomic mass is 10.1. The number of anilines is 11. The number of nitrogen functional groups attached to an aromatic ring is 10. The Kier molecular flexibility index (Phi) is 36.6. The van der Waals surface area contributed by atoms with Gasteiger partial charge in [-0.25, -0.2) is 0 Å². The highest BCUT2D eigenvalue weighted by Gasteiger charge is 2.33. The number of nitro benzene ring substituents is 1. The number of nitro groups is 1. The van der Waals surface area contributed by atoms with E-state index in [0.29, 0.717) is 22.6 Å². The lowest BCUT2D eigenvalue weighted by molar-refractivity contribution is -0.384. The summed E-state index contributed by atoms with van der Waals surface area (Å²) < 4.78 is 46.4. The Morgan fingerprint density at radius 1 is 0.410 bits per heavy atom. The smallest absolute Gasteiger partial charge is 0.418 e. The Balaban J connectivity index is 0.000000557. The van der Waals surface area contributed by atoms with Crippen LogP contribution in [-0.4, -0.2) is 35.3 Å². The van der Waals surface area contributed by atoms with E-state index in [-0.39, 0.29) is 28.8 Å². The lowest BCUT2D eigenvalue weighted by Gasteiger charge is -2.10. The van der Waals surface area contributed by atoms with Gasteiger partial charge in [-0.3, -0.25) is 14.9 Å². The van der Waals surface area contributed by atoms with Gasteiger partial charge >= 0.3 is 6.18 Å². The number of carbonyl (C=O) groups is 1. The maximum absolute atomic E-state index is 12.1. The van der Waals surface area contributed by atoms with Gasteiger partial charge in [-0.05, 0) is 248 Å². The van der Waals surface area contributed by atoms with E-state index in [2.05, 4.69) is 24.4 Å². The van der Waals surface area contributed by atoms with Crippen molar-refractivity contribution in [1.82, 2.24) is 0 Å². The third-order valence-corrected chi connectivity index (χ3v) is 14.6. The molecule has 0 aromatic heterocycles. The van der Waals surface area contributed by atoms with E-state index in [9.17, 15) is 28.1 Å². The molecule has 536 valence electrons. The highest BCUT2D eigenvalue weighted by atomic mass is 19.4. The van der Waals surface area contributed by atoms with Crippen LogP contribution in [0.25, 0.3) is 0 Å². The number of alkyl halides is 3. The van der Waals surface area contributed by atoms with Crippen LogP contribution in [-0.2, 0) is 11.0 Å². The molecule has 0 saturated carbocycles. The van der Waals surface area contributed by atoms with Crippen LogP contribution in [0.3, 0.4) is 0 Å². The molecule has 1 amide bonds. The van der Waals surface area contributed by atoms with Crippen molar-refractivity contribution in [1.29, 1.82) is 0 Å². The maximum Gasteiger partial charge on any atom is 0.418 e. The third-order valence-electron chi connectivity index (χ3n) is 14.6. The first-order chi connectivity index (χ1) is 46.6. The number of ether oxygens (including phenoxy) is 2. The Morgan fingerprint density at radius 2 is 0.820 bits per heavy atom. The van der Waals surface area contributed by atoms with Gasteiger partial charge in [0.15, 0.2) is 0 Å². The third kappa shape index (κ3) is 31.7. The van der Waals surface area contributed by atoms with Crippen molar-refractivity contribution in [3.63, 3.8) is 0 Å². The molecule has 0 spiro atoms. The van der Waals surface area contributed by atoms with Gasteiger partial charge in [-0.1, -0.05) is 84.4 Å². The fraction of sp³-hybridized carbons (Fsp3) is 0.218. The average molecular weight is 1380 g/mol. The average Bonchev–Trinajstić information content (AvgIpc) is 0.837. The second-order valence-corrected chi connectivity index (χ2v) is 23.1. The van der Waals surface area contributed by atoms with E-state index >= 15 is 0 Å². The summed E-state index contributed by atoms with van der Waals surface area (Å²) in [6, 6.07) is 53.2. The molecule has 10 aromatic rings. The number of benzene rings is 10. The van der Waals surface area contributed by atoms with Gasteiger partial charge in [0.2, 0.25) is 5.91 Å². The van der Waals surface area contributed by atoms with Crippen LogP contribution < -0.4 is 72.1 Å². The molecule has 0 heterocycles. The standard InChI is InChI=1S/C9H12N2O.C8H8F3N.2C8H11NO.3C8H11N.C7H8N2O2.2C7H9NO/c1-6-5-8(11-7(2)12)3-4-9(6)10;1-5-3-2-4-6(7(5)12)8(9,10)11;1-6-5-7(10-2)3-4-8(6)9;1-6-4-3-5-7(10-2)8(6)9;1-6-3-4-8(9)7(2)5-6;1-6-3-4-7(2)8(9)5-6;1-6-4-3-5-7(2)8(6)9;1-5-4-6(9(10)11)2-3-7(5)8;1-5-4-6(9)2-3-7(5)8;1-5-3-2-4-6(9)7(5)8/h3-5H,10H2,1-2H3,(H,11,12);2-4H,12H2,1H3;2*3-5H,9H2,1-2H3;3*3-5H,9H2,1-2H3;2-4H,8H2,1H3;2*2-4,9H,8H2,1H3. The fourth-order valence-electron chi connectivity index (χ4n) is 8.00. The van der Waals surface area contributed by atoms with E-state index in [4.69, 9.17) is 77.0 Å². The molecule has 0 atom stereocenters. The number of para-hydroxylation sites is 4. The quantitative estimate of drug-likeness (QED) is 0.0256. The predicted octanol–water partition coefficient (Wildman–Crippen LogP) is 17.0. The monoisotopic (exact) mass is 1370 g/mol. The topological polar surface area (TPSA) is 391 Å². The van der Waals surface area contributed by atoms with Crippen LogP contribution in [0.2, 0.25) is 0 Å². The number of phenols is 2. The SMILES string of the molecule is CC(=O)Nc1ccc(N)c(C)c1.COc1ccc(N)c(C)c1.COc1cccc(C)c1N.Cc1cc(O)ccc1N.Cc1cc([N+](=O)[O-])ccc1N.Cc1ccc(C)c(N)c1.Cc1ccc(N)c(C)c1.Cc1cccc(C(F)(F)F)c1N.Cc1cccc(C)c1N.Cc1cccc(O)c1N. The summed E-state index contributed by atoms with van der Waals surface area (Å²) in [5, 5.41) is 30.8. The molecular formula is C78H101F3N12O7. The number of methoxy groups -OCH3 is 2. The molecule has 0 radical (unpaired) electrons. The zero-order chi connectivity index (χ0) is 76.3. The number of hydrogen-bond acceptors (Lipinski definition) is 17. The van der Waals surface area contributed by atoms with Crippen molar-refractivity contribution >= 4 is 74.2 Å². The van der Waals surface area contributed by atoms with Crippen molar-refractivity contribution in [3.8, 4) is 23.0 Å². The summed E-state index contributed by atoms with van der Waals surface area (Å²) in [5.41, 5.74) is 75.2. The van der Waals surface area contributed by atoms with E-state index in [1.807, 2.05) is 160 Å². The summed E-state index contributed by atoms with van der Waals surface area (Å²) >= 11 is 0. The largest absolute Gasteiger partial charge is 0.508 e. The minimum absolute atomic E-state index is 0.0702. The summed E-state index contributed by atoms with van der Waals surface area (Å²) in [6.45, 7) is 26.4. The van der Waals surface area contributed by atoms with Gasteiger partial charge in [-0.2, -0.15) is 13.2 Å². The molecule has 0 unspecified atom stereocenters. The van der Waals surface area contributed by atoms with Gasteiger partial charge in [0.1, 0.15) is 23.0 Å². The van der Waals surface area contributed by atoms with Crippen LogP contribution in [0.5, 0.6) is 23.0 Å². The number of hydrogen-bond donors (Lipinski definition) is 13. The van der Waals surface area contributed by atoms with E-state index in [1.165, 1.54) is 42.3 Å². The molecular weight excluding hydrogens is 1270 g/mol. The van der Waals surface area contributed by atoms with Crippen LogP contribution in [0.1, 0.15) is 84.8 Å². The molecule has 0 bridgehead atoms. The van der Waals surface area contributed by atoms with E-state index in [0.717, 1.165) is 113 Å². The van der Waals surface area contributed by atoms with Gasteiger partial charge in [-0.15, -0.1) is 0 Å². The van der Waals surface area contributed by atoms with Crippen molar-refractivity contribution < 1.29 is 42.6 Å². The van der Waals surface area contributed by atoms with E-state index in [1.54, 1.807) is 76.6 Å². The number of aromatic hydroxyl groups is 2. The van der Waals surface area contributed by atoms with Gasteiger partial charge in [0.25, 0.3) is 5.69 Å². The van der Waals surface area contributed by atoms with Crippen LogP contribution in [0.4, 0.5) is 81.4 Å². The first-order valence-corrected chi connectivity index (χ1v) is 31.1. The molecule has 10 aromatic carbocycles.